The SMILES string of the molecule is CCC(C)(C)N(C)c1c(CNC(C)C)c(C)nn1C. The largest absolute Gasteiger partial charge is 0.355 e. The van der Waals surface area contributed by atoms with Gasteiger partial charge in [-0.05, 0) is 27.2 Å². The molecule has 0 fully saturated rings. The van der Waals surface area contributed by atoms with Gasteiger partial charge in [-0.1, -0.05) is 20.8 Å². The molecular formula is C15H30N4. The van der Waals surface area contributed by atoms with Gasteiger partial charge in [0.2, 0.25) is 0 Å². The number of aryl methyl sites for hydroxylation is 2. The minimum absolute atomic E-state index is 0.132. The van der Waals surface area contributed by atoms with E-state index in [-0.39, 0.29) is 5.54 Å². The first-order valence-corrected chi connectivity index (χ1v) is 7.20. The van der Waals surface area contributed by atoms with Crippen LogP contribution in [-0.4, -0.2) is 28.4 Å². The van der Waals surface area contributed by atoms with Crippen LogP contribution in [0, 0.1) is 6.92 Å². The molecule has 0 aliphatic carbocycles. The summed E-state index contributed by atoms with van der Waals surface area (Å²) in [6, 6.07) is 0.483. The lowest BCUT2D eigenvalue weighted by atomic mass is 9.99. The van der Waals surface area contributed by atoms with E-state index >= 15 is 0 Å². The summed E-state index contributed by atoms with van der Waals surface area (Å²) in [5.41, 5.74) is 2.55. The van der Waals surface area contributed by atoms with E-state index in [0.717, 1.165) is 18.7 Å². The van der Waals surface area contributed by atoms with E-state index in [0.29, 0.717) is 6.04 Å². The van der Waals surface area contributed by atoms with E-state index in [2.05, 4.69) is 63.9 Å². The predicted molar refractivity (Wildman–Crippen MR) is 82.7 cm³/mol. The summed E-state index contributed by atoms with van der Waals surface area (Å²) >= 11 is 0. The number of hydrogen-bond donors (Lipinski definition) is 1. The zero-order valence-electron chi connectivity index (χ0n) is 13.8. The minimum Gasteiger partial charge on any atom is -0.355 e. The summed E-state index contributed by atoms with van der Waals surface area (Å²) in [5.74, 6) is 1.22. The Morgan fingerprint density at radius 3 is 2.42 bits per heavy atom. The zero-order valence-corrected chi connectivity index (χ0v) is 13.8. The van der Waals surface area contributed by atoms with Gasteiger partial charge in [0.15, 0.2) is 0 Å². The highest BCUT2D eigenvalue weighted by Crippen LogP contribution is 2.29. The molecule has 1 rings (SSSR count). The fourth-order valence-corrected chi connectivity index (χ4v) is 2.15. The average molecular weight is 266 g/mol. The monoisotopic (exact) mass is 266 g/mol. The van der Waals surface area contributed by atoms with Crippen molar-refractivity contribution < 1.29 is 0 Å². The summed E-state index contributed by atoms with van der Waals surface area (Å²) in [4.78, 5) is 2.35. The molecule has 0 atom stereocenters. The summed E-state index contributed by atoms with van der Waals surface area (Å²) < 4.78 is 2.00. The van der Waals surface area contributed by atoms with Crippen LogP contribution in [0.2, 0.25) is 0 Å². The molecule has 0 bridgehead atoms. The fraction of sp³-hybridized carbons (Fsp3) is 0.800. The van der Waals surface area contributed by atoms with Crippen LogP contribution in [0.4, 0.5) is 5.82 Å². The molecule has 0 unspecified atom stereocenters. The first kappa shape index (κ1) is 16.0. The summed E-state index contributed by atoms with van der Waals surface area (Å²) in [6.07, 6.45) is 1.10. The van der Waals surface area contributed by atoms with Gasteiger partial charge in [0.1, 0.15) is 5.82 Å². The van der Waals surface area contributed by atoms with Crippen molar-refractivity contribution in [2.75, 3.05) is 11.9 Å². The Morgan fingerprint density at radius 2 is 1.95 bits per heavy atom. The Morgan fingerprint density at radius 1 is 1.37 bits per heavy atom. The number of anilines is 1. The summed E-state index contributed by atoms with van der Waals surface area (Å²) in [6.45, 7) is 14.1. The maximum Gasteiger partial charge on any atom is 0.131 e. The third kappa shape index (κ3) is 3.50. The van der Waals surface area contributed by atoms with Gasteiger partial charge < -0.3 is 10.2 Å². The van der Waals surface area contributed by atoms with Crippen LogP contribution in [0.5, 0.6) is 0 Å². The molecular weight excluding hydrogens is 236 g/mol. The predicted octanol–water partition coefficient (Wildman–Crippen LogP) is 2.85. The molecule has 0 amide bonds. The number of aromatic nitrogens is 2. The van der Waals surface area contributed by atoms with Gasteiger partial charge >= 0.3 is 0 Å². The molecule has 1 heterocycles. The molecule has 4 heteroatoms. The van der Waals surface area contributed by atoms with Gasteiger partial charge in [-0.2, -0.15) is 5.10 Å². The van der Waals surface area contributed by atoms with Crippen LogP contribution < -0.4 is 10.2 Å². The molecule has 0 saturated heterocycles. The Kier molecular flexibility index (Phi) is 5.02. The van der Waals surface area contributed by atoms with Crippen LogP contribution in [0.15, 0.2) is 0 Å². The van der Waals surface area contributed by atoms with Gasteiger partial charge in [-0.15, -0.1) is 0 Å². The molecule has 1 aromatic heterocycles. The number of hydrogen-bond acceptors (Lipinski definition) is 3. The third-order valence-corrected chi connectivity index (χ3v) is 4.09. The molecule has 0 saturated carbocycles. The standard InChI is InChI=1S/C15H30N4/c1-9-15(5,6)18(7)14-13(10-16-11(2)3)12(4)17-19(14)8/h11,16H,9-10H2,1-8H3. The Balaban J connectivity index is 3.12. The van der Waals surface area contributed by atoms with Crippen LogP contribution in [0.1, 0.15) is 52.3 Å². The lowest BCUT2D eigenvalue weighted by Crippen LogP contribution is -2.42. The molecule has 0 aliphatic heterocycles. The molecule has 0 aromatic carbocycles. The molecule has 0 spiro atoms. The maximum absolute atomic E-state index is 4.59. The zero-order chi connectivity index (χ0) is 14.8. The van der Waals surface area contributed by atoms with Crippen molar-refractivity contribution in [3.8, 4) is 0 Å². The van der Waals surface area contributed by atoms with E-state index in [9.17, 15) is 0 Å². The molecule has 1 aromatic rings. The van der Waals surface area contributed by atoms with Crippen LogP contribution in [0.25, 0.3) is 0 Å². The molecule has 0 radical (unpaired) electrons. The second kappa shape index (κ2) is 5.95. The summed E-state index contributed by atoms with van der Waals surface area (Å²) in [7, 11) is 4.20. The highest BCUT2D eigenvalue weighted by atomic mass is 15.4. The average Bonchev–Trinajstić information content (AvgIpc) is 2.60. The van der Waals surface area contributed by atoms with E-state index in [1.54, 1.807) is 0 Å². The Labute approximate surface area is 118 Å². The third-order valence-electron chi connectivity index (χ3n) is 4.09. The quantitative estimate of drug-likeness (QED) is 0.859. The normalized spacial score (nSPS) is 12.3. The van der Waals surface area contributed by atoms with E-state index < -0.39 is 0 Å². The molecule has 4 nitrogen and oxygen atoms in total. The Bertz CT molecular complexity index is 418. The van der Waals surface area contributed by atoms with Crippen LogP contribution >= 0.6 is 0 Å². The lowest BCUT2D eigenvalue weighted by molar-refractivity contribution is 0.458. The van der Waals surface area contributed by atoms with Crippen molar-refractivity contribution in [2.45, 2.75) is 66.1 Å². The smallest absolute Gasteiger partial charge is 0.131 e. The van der Waals surface area contributed by atoms with E-state index in [1.165, 1.54) is 11.4 Å². The van der Waals surface area contributed by atoms with Crippen molar-refractivity contribution >= 4 is 5.82 Å². The fourth-order valence-electron chi connectivity index (χ4n) is 2.15. The van der Waals surface area contributed by atoms with Crippen LogP contribution in [-0.2, 0) is 13.6 Å². The van der Waals surface area contributed by atoms with Crippen molar-refractivity contribution in [3.05, 3.63) is 11.3 Å². The number of rotatable bonds is 6. The van der Waals surface area contributed by atoms with Crippen molar-refractivity contribution in [2.24, 2.45) is 7.05 Å². The minimum atomic E-state index is 0.132. The molecule has 1 N–H and O–H groups in total. The second-order valence-corrected chi connectivity index (χ2v) is 6.27. The number of nitrogens with one attached hydrogen (secondary N) is 1. The summed E-state index contributed by atoms with van der Waals surface area (Å²) in [5, 5.41) is 8.09. The molecule has 19 heavy (non-hydrogen) atoms. The second-order valence-electron chi connectivity index (χ2n) is 6.27. The van der Waals surface area contributed by atoms with Gasteiger partial charge in [0, 0.05) is 37.8 Å². The van der Waals surface area contributed by atoms with E-state index in [1.807, 2.05) is 11.7 Å². The first-order chi connectivity index (χ1) is 8.70. The van der Waals surface area contributed by atoms with Gasteiger partial charge in [0.25, 0.3) is 0 Å². The van der Waals surface area contributed by atoms with E-state index in [4.69, 9.17) is 0 Å². The highest BCUT2D eigenvalue weighted by molar-refractivity contribution is 5.51. The van der Waals surface area contributed by atoms with Gasteiger partial charge in [-0.25, -0.2) is 0 Å². The van der Waals surface area contributed by atoms with Crippen molar-refractivity contribution in [1.82, 2.24) is 15.1 Å². The van der Waals surface area contributed by atoms with Crippen molar-refractivity contribution in [1.29, 1.82) is 0 Å². The molecule has 110 valence electrons. The lowest BCUT2D eigenvalue weighted by Gasteiger charge is -2.37. The Hall–Kier alpha value is -1.03. The maximum atomic E-state index is 4.59. The topological polar surface area (TPSA) is 33.1 Å². The highest BCUT2D eigenvalue weighted by Gasteiger charge is 2.27. The van der Waals surface area contributed by atoms with Gasteiger partial charge in [0.05, 0.1) is 5.69 Å². The first-order valence-electron chi connectivity index (χ1n) is 7.20. The van der Waals surface area contributed by atoms with Crippen molar-refractivity contribution in [3.63, 3.8) is 0 Å². The van der Waals surface area contributed by atoms with Crippen LogP contribution in [0.3, 0.4) is 0 Å². The van der Waals surface area contributed by atoms with Gasteiger partial charge in [-0.3, -0.25) is 4.68 Å². The number of nitrogens with zero attached hydrogens (tertiary/aromatic N) is 3. The molecule has 0 aliphatic rings.